The van der Waals surface area contributed by atoms with E-state index in [1.807, 2.05) is 29.2 Å². The van der Waals surface area contributed by atoms with Gasteiger partial charge in [0.2, 0.25) is 0 Å². The largest absolute Gasteiger partial charge is 0.508 e. The molecular formula is C31H36N2O6. The zero-order valence-electron chi connectivity index (χ0n) is 22.1. The van der Waals surface area contributed by atoms with E-state index >= 15 is 0 Å². The smallest absolute Gasteiger partial charge is 0.342 e. The molecule has 1 fully saturated rings. The molecule has 8 nitrogen and oxygen atoms in total. The third-order valence-electron chi connectivity index (χ3n) is 6.96. The van der Waals surface area contributed by atoms with E-state index in [1.54, 1.807) is 6.08 Å². The minimum absolute atomic E-state index is 0.0237. The third kappa shape index (κ3) is 8.46. The Bertz CT molecular complexity index is 1210. The van der Waals surface area contributed by atoms with Crippen LogP contribution in [0.1, 0.15) is 53.6 Å². The highest BCUT2D eigenvalue weighted by Gasteiger charge is 2.24. The molecule has 2 aliphatic rings. The van der Waals surface area contributed by atoms with Crippen molar-refractivity contribution in [1.82, 2.24) is 4.90 Å². The van der Waals surface area contributed by atoms with E-state index in [-0.39, 0.29) is 42.6 Å². The number of carbonyl (C=O) groups is 2. The maximum Gasteiger partial charge on any atom is 0.342 e. The summed E-state index contributed by atoms with van der Waals surface area (Å²) in [5.41, 5.74) is 2.10. The van der Waals surface area contributed by atoms with Crippen LogP contribution in [-0.4, -0.2) is 59.0 Å². The van der Waals surface area contributed by atoms with E-state index in [9.17, 15) is 19.8 Å². The van der Waals surface area contributed by atoms with Gasteiger partial charge < -0.3 is 24.7 Å². The Kier molecular flexibility index (Phi) is 10.2. The summed E-state index contributed by atoms with van der Waals surface area (Å²) in [4.78, 5) is 32.8. The van der Waals surface area contributed by atoms with Gasteiger partial charge in [0.15, 0.2) is 6.61 Å². The quantitative estimate of drug-likeness (QED) is 0.321. The first-order valence-electron chi connectivity index (χ1n) is 13.5. The Morgan fingerprint density at radius 3 is 2.56 bits per heavy atom. The molecule has 0 bridgehead atoms. The first-order valence-corrected chi connectivity index (χ1v) is 13.5. The summed E-state index contributed by atoms with van der Waals surface area (Å²) >= 11 is 0. The molecule has 4 rings (SSSR count). The number of allylic oxidation sites excluding steroid dienone is 3. The summed E-state index contributed by atoms with van der Waals surface area (Å²) in [5.74, 6) is -0.789. The Morgan fingerprint density at radius 1 is 1.03 bits per heavy atom. The number of esters is 1. The number of benzene rings is 2. The zero-order valence-corrected chi connectivity index (χ0v) is 22.1. The van der Waals surface area contributed by atoms with E-state index in [0.29, 0.717) is 36.7 Å². The minimum atomic E-state index is -0.678. The predicted octanol–water partition coefficient (Wildman–Crippen LogP) is 4.95. The van der Waals surface area contributed by atoms with E-state index in [0.717, 1.165) is 38.2 Å². The van der Waals surface area contributed by atoms with Crippen LogP contribution in [0, 0.1) is 5.92 Å². The second-order valence-corrected chi connectivity index (χ2v) is 9.92. The van der Waals surface area contributed by atoms with Crippen LogP contribution in [0.3, 0.4) is 0 Å². The lowest BCUT2D eigenvalue weighted by molar-refractivity contribution is -0.137. The highest BCUT2D eigenvalue weighted by Crippen LogP contribution is 2.29. The normalized spacial score (nSPS) is 19.9. The van der Waals surface area contributed by atoms with Gasteiger partial charge in [0, 0.05) is 25.6 Å². The number of carbonyl (C=O) groups excluding carboxylic acids is 2. The summed E-state index contributed by atoms with van der Waals surface area (Å²) in [6.07, 6.45) is 12.9. The Balaban J connectivity index is 1.39. The van der Waals surface area contributed by atoms with Gasteiger partial charge in [-0.1, -0.05) is 53.7 Å². The van der Waals surface area contributed by atoms with E-state index in [2.05, 4.69) is 29.4 Å². The number of phenols is 2. The summed E-state index contributed by atoms with van der Waals surface area (Å²) in [6, 6.07) is 12.9. The Morgan fingerprint density at radius 2 is 1.77 bits per heavy atom. The molecule has 0 atom stereocenters. The molecule has 1 saturated heterocycles. The van der Waals surface area contributed by atoms with E-state index < -0.39 is 5.97 Å². The first-order chi connectivity index (χ1) is 19.0. The molecular weight excluding hydrogens is 496 g/mol. The standard InChI is InChI=1S/C31H36N2O6/c34-27-20-25-19-26(12-8-3-1-2-4-9-17-38-31(37)30(25)28(35)21-27)32-39-22-29(36)33-15-13-24(14-16-33)18-23-10-6-5-7-11-23/h2,4-8,10-12,20-21,24,34-35H,1,3,9,13-19,22H2/b4-2+,12-8+,32-26?. The van der Waals surface area contributed by atoms with Crippen LogP contribution in [0.5, 0.6) is 11.5 Å². The number of oxime groups is 1. The molecule has 206 valence electrons. The van der Waals surface area contributed by atoms with Gasteiger partial charge in [-0.05, 0) is 67.7 Å². The van der Waals surface area contributed by atoms with Crippen molar-refractivity contribution < 1.29 is 29.4 Å². The number of ether oxygens (including phenoxy) is 1. The van der Waals surface area contributed by atoms with Crippen molar-refractivity contribution >= 4 is 17.6 Å². The van der Waals surface area contributed by atoms with Crippen LogP contribution >= 0.6 is 0 Å². The lowest BCUT2D eigenvalue weighted by Crippen LogP contribution is -2.40. The molecule has 2 aromatic carbocycles. The van der Waals surface area contributed by atoms with Crippen LogP contribution in [0.2, 0.25) is 0 Å². The Labute approximate surface area is 229 Å². The van der Waals surface area contributed by atoms with Gasteiger partial charge in [0.25, 0.3) is 5.91 Å². The van der Waals surface area contributed by atoms with Crippen LogP contribution < -0.4 is 0 Å². The van der Waals surface area contributed by atoms with Crippen molar-refractivity contribution in [3.8, 4) is 11.5 Å². The second kappa shape index (κ2) is 14.2. The number of amides is 1. The highest BCUT2D eigenvalue weighted by molar-refractivity contribution is 6.00. The van der Waals surface area contributed by atoms with Gasteiger partial charge in [-0.2, -0.15) is 0 Å². The van der Waals surface area contributed by atoms with Gasteiger partial charge in [-0.25, -0.2) is 4.79 Å². The molecule has 2 N–H and O–H groups in total. The number of nitrogens with zero attached hydrogens (tertiary/aromatic N) is 2. The molecule has 1 amide bonds. The monoisotopic (exact) mass is 532 g/mol. The number of aromatic hydroxyl groups is 2. The van der Waals surface area contributed by atoms with Crippen LogP contribution in [0.25, 0.3) is 0 Å². The number of hydrogen-bond acceptors (Lipinski definition) is 7. The maximum atomic E-state index is 12.8. The van der Waals surface area contributed by atoms with Crippen molar-refractivity contribution in [2.45, 2.75) is 44.9 Å². The number of fused-ring (bicyclic) bond motifs is 1. The maximum absolute atomic E-state index is 12.8. The lowest BCUT2D eigenvalue weighted by atomic mass is 9.90. The number of cyclic esters (lactones) is 1. The van der Waals surface area contributed by atoms with E-state index in [4.69, 9.17) is 9.57 Å². The van der Waals surface area contributed by atoms with Crippen molar-refractivity contribution in [3.63, 3.8) is 0 Å². The molecule has 0 radical (unpaired) electrons. The highest BCUT2D eigenvalue weighted by atomic mass is 16.6. The molecule has 2 aromatic rings. The first kappa shape index (κ1) is 28.0. The SMILES string of the molecule is O=C1OCC/C=C/CC/C=C/C(=NOCC(=O)N2CCC(Cc3ccccc3)CC2)Cc2cc(O)cc(O)c21. The summed E-state index contributed by atoms with van der Waals surface area (Å²) < 4.78 is 5.32. The average Bonchev–Trinajstić information content (AvgIpc) is 2.92. The van der Waals surface area contributed by atoms with Gasteiger partial charge >= 0.3 is 5.97 Å². The fourth-order valence-corrected chi connectivity index (χ4v) is 4.90. The predicted molar refractivity (Wildman–Crippen MR) is 149 cm³/mol. The molecule has 0 saturated carbocycles. The van der Waals surface area contributed by atoms with Crippen molar-refractivity contribution in [2.24, 2.45) is 11.1 Å². The van der Waals surface area contributed by atoms with Crippen molar-refractivity contribution in [2.75, 3.05) is 26.3 Å². The number of piperidine rings is 1. The molecule has 0 aromatic heterocycles. The molecule has 2 aliphatic heterocycles. The average molecular weight is 533 g/mol. The van der Waals surface area contributed by atoms with Crippen LogP contribution in [0.15, 0.2) is 71.9 Å². The van der Waals surface area contributed by atoms with Gasteiger partial charge in [-0.3, -0.25) is 4.79 Å². The third-order valence-corrected chi connectivity index (χ3v) is 6.96. The van der Waals surface area contributed by atoms with Gasteiger partial charge in [0.1, 0.15) is 17.1 Å². The second-order valence-electron chi connectivity index (χ2n) is 9.92. The summed E-state index contributed by atoms with van der Waals surface area (Å²) in [7, 11) is 0. The molecule has 39 heavy (non-hydrogen) atoms. The zero-order chi connectivity index (χ0) is 27.5. The van der Waals surface area contributed by atoms with Gasteiger partial charge in [-0.15, -0.1) is 0 Å². The van der Waals surface area contributed by atoms with Crippen LogP contribution in [0.4, 0.5) is 0 Å². The number of likely N-dealkylation sites (tertiary alicyclic amines) is 1. The lowest BCUT2D eigenvalue weighted by Gasteiger charge is -2.31. The topological polar surface area (TPSA) is 109 Å². The number of rotatable bonds is 5. The van der Waals surface area contributed by atoms with Crippen molar-refractivity contribution in [1.29, 1.82) is 0 Å². The molecule has 0 unspecified atom stereocenters. The minimum Gasteiger partial charge on any atom is -0.508 e. The fourth-order valence-electron chi connectivity index (χ4n) is 4.90. The molecule has 8 heteroatoms. The fraction of sp³-hybridized carbons (Fsp3) is 0.387. The number of phenolic OH excluding ortho intramolecular Hbond substituents is 2. The molecule has 2 heterocycles. The van der Waals surface area contributed by atoms with Crippen LogP contribution in [-0.2, 0) is 27.2 Å². The molecule has 0 aliphatic carbocycles. The van der Waals surface area contributed by atoms with E-state index in [1.165, 1.54) is 11.6 Å². The number of hydrogen-bond donors (Lipinski definition) is 2. The Hall–Kier alpha value is -4.07. The molecule has 0 spiro atoms. The van der Waals surface area contributed by atoms with Crippen molar-refractivity contribution in [3.05, 3.63) is 83.5 Å². The summed E-state index contributed by atoms with van der Waals surface area (Å²) in [6.45, 7) is 1.37. The van der Waals surface area contributed by atoms with Gasteiger partial charge in [0.05, 0.1) is 12.3 Å². The summed E-state index contributed by atoms with van der Waals surface area (Å²) in [5, 5.41) is 24.6.